The van der Waals surface area contributed by atoms with Crippen LogP contribution in [0.25, 0.3) is 0 Å². The number of hydrogen-bond donors (Lipinski definition) is 2. The molecule has 0 amide bonds. The van der Waals surface area contributed by atoms with Gasteiger partial charge in [-0.15, -0.1) is 0 Å². The molecule has 106 valence electrons. The zero-order valence-corrected chi connectivity index (χ0v) is 12.4. The van der Waals surface area contributed by atoms with Crippen molar-refractivity contribution in [1.82, 2.24) is 0 Å². The van der Waals surface area contributed by atoms with Crippen molar-refractivity contribution in [1.29, 1.82) is 0 Å². The monoisotopic (exact) mass is 261 g/mol. The highest BCUT2D eigenvalue weighted by molar-refractivity contribution is 5.28. The lowest BCUT2D eigenvalue weighted by molar-refractivity contribution is 0.000212. The molecule has 1 aromatic rings. The van der Waals surface area contributed by atoms with Gasteiger partial charge in [0.15, 0.2) is 0 Å². The predicted molar refractivity (Wildman–Crippen MR) is 80.2 cm³/mol. The first kappa shape index (κ1) is 14.5. The van der Waals surface area contributed by atoms with Crippen LogP contribution in [0.15, 0.2) is 24.3 Å². The number of benzene rings is 1. The van der Waals surface area contributed by atoms with E-state index in [2.05, 4.69) is 45.0 Å². The summed E-state index contributed by atoms with van der Waals surface area (Å²) in [7, 11) is 0. The fraction of sp³-hybridized carbons (Fsp3) is 0.647. The summed E-state index contributed by atoms with van der Waals surface area (Å²) in [6.07, 6.45) is 4.29. The van der Waals surface area contributed by atoms with Crippen molar-refractivity contribution in [3.8, 4) is 0 Å². The third-order valence-corrected chi connectivity index (χ3v) is 4.31. The Bertz CT molecular complexity index is 408. The van der Waals surface area contributed by atoms with Crippen molar-refractivity contribution < 1.29 is 5.11 Å². The molecule has 0 atom stereocenters. The smallest absolute Gasteiger partial charge is 0.0689 e. The fourth-order valence-electron chi connectivity index (χ4n) is 2.86. The van der Waals surface area contributed by atoms with Crippen molar-refractivity contribution in [2.75, 3.05) is 0 Å². The molecule has 0 aromatic heterocycles. The minimum Gasteiger partial charge on any atom is -0.390 e. The third-order valence-electron chi connectivity index (χ3n) is 4.31. The SMILES string of the molecule is CC(C)(C)c1ccc(CC2(O)CCC(N)CC2)cc1. The van der Waals surface area contributed by atoms with Gasteiger partial charge in [0, 0.05) is 12.5 Å². The van der Waals surface area contributed by atoms with Gasteiger partial charge in [0.05, 0.1) is 5.60 Å². The first-order chi connectivity index (χ1) is 8.78. The molecule has 0 unspecified atom stereocenters. The highest BCUT2D eigenvalue weighted by Gasteiger charge is 2.32. The summed E-state index contributed by atoms with van der Waals surface area (Å²) < 4.78 is 0. The minimum absolute atomic E-state index is 0.188. The highest BCUT2D eigenvalue weighted by Crippen LogP contribution is 2.31. The minimum atomic E-state index is -0.543. The summed E-state index contributed by atoms with van der Waals surface area (Å²) in [4.78, 5) is 0. The zero-order valence-electron chi connectivity index (χ0n) is 12.4. The summed E-state index contributed by atoms with van der Waals surface area (Å²) in [5, 5.41) is 10.6. The zero-order chi connectivity index (χ0) is 14.1. The van der Waals surface area contributed by atoms with E-state index in [0.717, 1.165) is 32.1 Å². The largest absolute Gasteiger partial charge is 0.390 e. The van der Waals surface area contributed by atoms with E-state index in [1.54, 1.807) is 0 Å². The van der Waals surface area contributed by atoms with Crippen molar-refractivity contribution in [2.45, 2.75) is 69.9 Å². The van der Waals surface area contributed by atoms with Gasteiger partial charge in [0.2, 0.25) is 0 Å². The summed E-state index contributed by atoms with van der Waals surface area (Å²) in [6, 6.07) is 8.98. The highest BCUT2D eigenvalue weighted by atomic mass is 16.3. The maximum absolute atomic E-state index is 10.6. The Balaban J connectivity index is 2.03. The van der Waals surface area contributed by atoms with E-state index in [0.29, 0.717) is 0 Å². The van der Waals surface area contributed by atoms with Gasteiger partial charge in [-0.2, -0.15) is 0 Å². The number of rotatable bonds is 2. The van der Waals surface area contributed by atoms with Crippen LogP contribution in [-0.2, 0) is 11.8 Å². The van der Waals surface area contributed by atoms with Gasteiger partial charge >= 0.3 is 0 Å². The molecular formula is C17H27NO. The first-order valence-electron chi connectivity index (χ1n) is 7.36. The Hall–Kier alpha value is -0.860. The van der Waals surface area contributed by atoms with Gasteiger partial charge in [0.1, 0.15) is 0 Å². The lowest BCUT2D eigenvalue weighted by Gasteiger charge is -2.35. The molecule has 2 rings (SSSR count). The second-order valence-electron chi connectivity index (χ2n) is 7.19. The van der Waals surface area contributed by atoms with Crippen LogP contribution in [0.1, 0.15) is 57.6 Å². The topological polar surface area (TPSA) is 46.2 Å². The van der Waals surface area contributed by atoms with Gasteiger partial charge in [-0.05, 0) is 42.2 Å². The number of nitrogens with two attached hydrogens (primary N) is 1. The molecule has 2 nitrogen and oxygen atoms in total. The average Bonchev–Trinajstić information content (AvgIpc) is 2.33. The second kappa shape index (κ2) is 5.26. The van der Waals surface area contributed by atoms with E-state index >= 15 is 0 Å². The van der Waals surface area contributed by atoms with Gasteiger partial charge in [-0.1, -0.05) is 45.0 Å². The molecule has 1 fully saturated rings. The van der Waals surface area contributed by atoms with Crippen LogP contribution < -0.4 is 5.73 Å². The molecule has 0 radical (unpaired) electrons. The molecule has 0 bridgehead atoms. The average molecular weight is 261 g/mol. The van der Waals surface area contributed by atoms with Crippen LogP contribution >= 0.6 is 0 Å². The lowest BCUT2D eigenvalue weighted by atomic mass is 9.78. The molecule has 1 aliphatic rings. The summed E-state index contributed by atoms with van der Waals surface area (Å²) in [6.45, 7) is 6.66. The van der Waals surface area contributed by atoms with E-state index in [1.165, 1.54) is 11.1 Å². The third kappa shape index (κ3) is 3.80. The van der Waals surface area contributed by atoms with Crippen LogP contribution in [-0.4, -0.2) is 16.7 Å². The van der Waals surface area contributed by atoms with Crippen LogP contribution in [0, 0.1) is 0 Å². The van der Waals surface area contributed by atoms with E-state index in [4.69, 9.17) is 5.73 Å². The lowest BCUT2D eigenvalue weighted by Crippen LogP contribution is -2.40. The Morgan fingerprint density at radius 1 is 1.16 bits per heavy atom. The number of aliphatic hydroxyl groups is 1. The molecule has 3 N–H and O–H groups in total. The van der Waals surface area contributed by atoms with Gasteiger partial charge < -0.3 is 10.8 Å². The van der Waals surface area contributed by atoms with Crippen molar-refractivity contribution >= 4 is 0 Å². The Labute approximate surface area is 117 Å². The summed E-state index contributed by atoms with van der Waals surface area (Å²) in [5.41, 5.74) is 8.12. The molecule has 1 aromatic carbocycles. The van der Waals surface area contributed by atoms with Crippen molar-refractivity contribution in [2.24, 2.45) is 5.73 Å². The Kier molecular flexibility index (Phi) is 4.03. The van der Waals surface area contributed by atoms with E-state index in [9.17, 15) is 5.11 Å². The van der Waals surface area contributed by atoms with Crippen LogP contribution in [0.4, 0.5) is 0 Å². The van der Waals surface area contributed by atoms with Crippen molar-refractivity contribution in [3.63, 3.8) is 0 Å². The van der Waals surface area contributed by atoms with Crippen LogP contribution in [0.2, 0.25) is 0 Å². The maximum Gasteiger partial charge on any atom is 0.0689 e. The van der Waals surface area contributed by atoms with E-state index in [1.807, 2.05) is 0 Å². The Morgan fingerprint density at radius 2 is 1.68 bits per heavy atom. The fourth-order valence-corrected chi connectivity index (χ4v) is 2.86. The molecule has 1 saturated carbocycles. The molecule has 0 heterocycles. The van der Waals surface area contributed by atoms with Gasteiger partial charge in [-0.25, -0.2) is 0 Å². The van der Waals surface area contributed by atoms with Crippen molar-refractivity contribution in [3.05, 3.63) is 35.4 Å². The molecular weight excluding hydrogens is 234 g/mol. The Morgan fingerprint density at radius 3 is 2.16 bits per heavy atom. The molecule has 19 heavy (non-hydrogen) atoms. The predicted octanol–water partition coefficient (Wildman–Crippen LogP) is 3.16. The summed E-state index contributed by atoms with van der Waals surface area (Å²) >= 11 is 0. The normalized spacial score (nSPS) is 28.4. The quantitative estimate of drug-likeness (QED) is 0.859. The van der Waals surface area contributed by atoms with Crippen LogP contribution in [0.5, 0.6) is 0 Å². The first-order valence-corrected chi connectivity index (χ1v) is 7.36. The molecule has 0 aliphatic heterocycles. The molecule has 0 spiro atoms. The second-order valence-corrected chi connectivity index (χ2v) is 7.19. The number of hydrogen-bond acceptors (Lipinski definition) is 2. The van der Waals surface area contributed by atoms with Crippen LogP contribution in [0.3, 0.4) is 0 Å². The van der Waals surface area contributed by atoms with Gasteiger partial charge in [0.25, 0.3) is 0 Å². The molecule has 2 heteroatoms. The van der Waals surface area contributed by atoms with Gasteiger partial charge in [-0.3, -0.25) is 0 Å². The standard InChI is InChI=1S/C17H27NO/c1-16(2,3)14-6-4-13(5-7-14)12-17(19)10-8-15(18)9-11-17/h4-7,15,19H,8-12,18H2,1-3H3. The maximum atomic E-state index is 10.6. The molecule has 0 saturated heterocycles. The summed E-state index contributed by atoms with van der Waals surface area (Å²) in [5.74, 6) is 0. The van der Waals surface area contributed by atoms with E-state index < -0.39 is 5.60 Å². The van der Waals surface area contributed by atoms with E-state index in [-0.39, 0.29) is 11.5 Å². The molecule has 1 aliphatic carbocycles.